The first-order valence-electron chi connectivity index (χ1n) is 10.6. The topological polar surface area (TPSA) is 73.7 Å². The van der Waals surface area contributed by atoms with Crippen LogP contribution in [0.15, 0.2) is 54.7 Å². The molecular weight excluding hydrogens is 465 g/mol. The maximum Gasteiger partial charge on any atom is 0.344 e. The minimum atomic E-state index is -0.236. The number of amides is 1. The first-order valence-corrected chi connectivity index (χ1v) is 11.3. The quantitative estimate of drug-likeness (QED) is 0.408. The van der Waals surface area contributed by atoms with Crippen molar-refractivity contribution in [2.24, 2.45) is 0 Å². The van der Waals surface area contributed by atoms with Gasteiger partial charge in [-0.15, -0.1) is 0 Å². The second-order valence-corrected chi connectivity index (χ2v) is 8.71. The fraction of sp³-hybridized carbons (Fsp3) is 0.292. The standard InChI is InChI=1S/C24H23Cl2N3O4/c1-16(30)23-8-11-29(27-23)24(31)28-9-6-20(7-10-28)32-15-17-12-19(26)14-22(13-17)33-21-4-2-18(25)3-5-21/h2-5,8,11-14,20H,6-7,9-10,15H2,1H3. The summed E-state index contributed by atoms with van der Waals surface area (Å²) in [4.78, 5) is 25.7. The molecule has 0 aliphatic carbocycles. The number of benzene rings is 2. The first kappa shape index (κ1) is 23.3. The molecule has 0 bridgehead atoms. The summed E-state index contributed by atoms with van der Waals surface area (Å²) in [5, 5.41) is 5.24. The van der Waals surface area contributed by atoms with Crippen molar-refractivity contribution in [3.05, 3.63) is 76.0 Å². The van der Waals surface area contributed by atoms with Gasteiger partial charge < -0.3 is 14.4 Å². The molecule has 1 aliphatic rings. The molecule has 0 spiro atoms. The van der Waals surface area contributed by atoms with E-state index in [4.69, 9.17) is 32.7 Å². The Morgan fingerprint density at radius 2 is 1.73 bits per heavy atom. The number of ether oxygens (including phenoxy) is 2. The van der Waals surface area contributed by atoms with Crippen molar-refractivity contribution < 1.29 is 19.1 Å². The van der Waals surface area contributed by atoms with Crippen molar-refractivity contribution in [3.63, 3.8) is 0 Å². The molecule has 9 heteroatoms. The lowest BCUT2D eigenvalue weighted by Crippen LogP contribution is -2.43. The molecular formula is C24H23Cl2N3O4. The van der Waals surface area contributed by atoms with Crippen molar-refractivity contribution in [2.75, 3.05) is 13.1 Å². The van der Waals surface area contributed by atoms with E-state index in [9.17, 15) is 9.59 Å². The van der Waals surface area contributed by atoms with Gasteiger partial charge in [0, 0.05) is 36.3 Å². The second kappa shape index (κ2) is 10.4. The van der Waals surface area contributed by atoms with Gasteiger partial charge in [0.05, 0.1) is 12.7 Å². The Kier molecular flexibility index (Phi) is 7.33. The number of aromatic nitrogens is 2. The minimum Gasteiger partial charge on any atom is -0.457 e. The van der Waals surface area contributed by atoms with E-state index in [2.05, 4.69) is 5.10 Å². The van der Waals surface area contributed by atoms with Crippen LogP contribution in [0.2, 0.25) is 10.0 Å². The molecule has 172 valence electrons. The van der Waals surface area contributed by atoms with E-state index in [1.807, 2.05) is 12.1 Å². The molecule has 1 saturated heterocycles. The van der Waals surface area contributed by atoms with Crippen LogP contribution < -0.4 is 4.74 Å². The fourth-order valence-corrected chi connectivity index (χ4v) is 3.97. The Labute approximate surface area is 201 Å². The monoisotopic (exact) mass is 487 g/mol. The molecule has 1 fully saturated rings. The minimum absolute atomic E-state index is 0.0269. The van der Waals surface area contributed by atoms with Crippen LogP contribution in [0.5, 0.6) is 11.5 Å². The summed E-state index contributed by atoms with van der Waals surface area (Å²) in [5.41, 5.74) is 1.18. The number of piperidine rings is 1. The second-order valence-electron chi connectivity index (χ2n) is 7.83. The molecule has 0 N–H and O–H groups in total. The molecule has 0 atom stereocenters. The van der Waals surface area contributed by atoms with Crippen molar-refractivity contribution >= 4 is 35.0 Å². The number of halogens is 2. The van der Waals surface area contributed by atoms with Crippen molar-refractivity contribution in [1.82, 2.24) is 14.7 Å². The average molecular weight is 488 g/mol. The normalized spacial score (nSPS) is 14.3. The summed E-state index contributed by atoms with van der Waals surface area (Å²) in [5.74, 6) is 1.11. The Morgan fingerprint density at radius 3 is 2.39 bits per heavy atom. The molecule has 1 aromatic heterocycles. The van der Waals surface area contributed by atoms with Gasteiger partial charge in [-0.2, -0.15) is 9.78 Å². The number of Topliss-reactive ketones (excluding diaryl/α,β-unsaturated/α-hetero) is 1. The number of likely N-dealkylation sites (tertiary alicyclic amines) is 1. The van der Waals surface area contributed by atoms with E-state index in [1.165, 1.54) is 17.8 Å². The van der Waals surface area contributed by atoms with Crippen molar-refractivity contribution in [1.29, 1.82) is 0 Å². The largest absolute Gasteiger partial charge is 0.457 e. The van der Waals surface area contributed by atoms with Gasteiger partial charge in [0.1, 0.15) is 17.2 Å². The highest BCUT2D eigenvalue weighted by Gasteiger charge is 2.25. The molecule has 33 heavy (non-hydrogen) atoms. The molecule has 2 aromatic carbocycles. The van der Waals surface area contributed by atoms with Crippen LogP contribution in [0.1, 0.15) is 35.8 Å². The molecule has 1 aliphatic heterocycles. The van der Waals surface area contributed by atoms with Crippen LogP contribution in [0, 0.1) is 0 Å². The van der Waals surface area contributed by atoms with Crippen LogP contribution in [0.4, 0.5) is 4.79 Å². The predicted molar refractivity (Wildman–Crippen MR) is 125 cm³/mol. The molecule has 2 heterocycles. The maximum atomic E-state index is 12.6. The molecule has 7 nitrogen and oxygen atoms in total. The van der Waals surface area contributed by atoms with E-state index in [0.29, 0.717) is 54.1 Å². The number of rotatable bonds is 6. The summed E-state index contributed by atoms with van der Waals surface area (Å²) in [7, 11) is 0. The fourth-order valence-electron chi connectivity index (χ4n) is 3.59. The van der Waals surface area contributed by atoms with Crippen molar-refractivity contribution in [2.45, 2.75) is 32.5 Å². The molecule has 4 rings (SSSR count). The summed E-state index contributed by atoms with van der Waals surface area (Å²) in [6.45, 7) is 2.92. The average Bonchev–Trinajstić information content (AvgIpc) is 3.30. The van der Waals surface area contributed by atoms with E-state index < -0.39 is 0 Å². The number of carbonyl (C=O) groups excluding carboxylic acids is 2. The summed E-state index contributed by atoms with van der Waals surface area (Å²) >= 11 is 12.2. The smallest absolute Gasteiger partial charge is 0.344 e. The zero-order valence-electron chi connectivity index (χ0n) is 18.0. The van der Waals surface area contributed by atoms with Crippen LogP contribution in [0.3, 0.4) is 0 Å². The van der Waals surface area contributed by atoms with Crippen molar-refractivity contribution in [3.8, 4) is 11.5 Å². The van der Waals surface area contributed by atoms with Crippen LogP contribution in [-0.2, 0) is 11.3 Å². The maximum absolute atomic E-state index is 12.6. The molecule has 0 radical (unpaired) electrons. The Morgan fingerprint density at radius 1 is 1.00 bits per heavy atom. The molecule has 1 amide bonds. The lowest BCUT2D eigenvalue weighted by molar-refractivity contribution is 0.00431. The third-order valence-corrected chi connectivity index (χ3v) is 5.79. The zero-order valence-corrected chi connectivity index (χ0v) is 19.6. The lowest BCUT2D eigenvalue weighted by Gasteiger charge is -2.31. The van der Waals surface area contributed by atoms with Gasteiger partial charge >= 0.3 is 6.03 Å². The Bertz CT molecular complexity index is 1140. The molecule has 0 saturated carbocycles. The van der Waals surface area contributed by atoms with Gasteiger partial charge in [0.2, 0.25) is 0 Å². The lowest BCUT2D eigenvalue weighted by atomic mass is 10.1. The van der Waals surface area contributed by atoms with E-state index in [0.717, 1.165) is 5.56 Å². The number of nitrogens with zero attached hydrogens (tertiary/aromatic N) is 3. The molecule has 0 unspecified atom stereocenters. The molecule has 3 aromatic rings. The summed E-state index contributed by atoms with van der Waals surface area (Å²) in [6.07, 6.45) is 2.96. The number of hydrogen-bond acceptors (Lipinski definition) is 5. The highest BCUT2D eigenvalue weighted by molar-refractivity contribution is 6.31. The first-order chi connectivity index (χ1) is 15.9. The van der Waals surface area contributed by atoms with Gasteiger partial charge in [-0.05, 0) is 66.9 Å². The van der Waals surface area contributed by atoms with Crippen LogP contribution in [-0.4, -0.2) is 45.7 Å². The van der Waals surface area contributed by atoms with Gasteiger partial charge in [-0.3, -0.25) is 4.79 Å². The number of hydrogen-bond donors (Lipinski definition) is 0. The number of ketones is 1. The third-order valence-electron chi connectivity index (χ3n) is 5.32. The highest BCUT2D eigenvalue weighted by atomic mass is 35.5. The Balaban J connectivity index is 1.29. The Hall–Kier alpha value is -2.87. The SMILES string of the molecule is CC(=O)c1ccn(C(=O)N2CCC(OCc3cc(Cl)cc(Oc4ccc(Cl)cc4)c3)CC2)n1. The number of carbonyl (C=O) groups is 2. The summed E-state index contributed by atoms with van der Waals surface area (Å²) < 4.78 is 13.2. The zero-order chi connectivity index (χ0) is 23.4. The van der Waals surface area contributed by atoms with Gasteiger partial charge in [0.15, 0.2) is 5.78 Å². The predicted octanol–water partition coefficient (Wildman–Crippen LogP) is 5.83. The van der Waals surface area contributed by atoms with E-state index in [1.54, 1.807) is 41.3 Å². The van der Waals surface area contributed by atoms with Gasteiger partial charge in [0.25, 0.3) is 0 Å². The van der Waals surface area contributed by atoms with Gasteiger partial charge in [-0.1, -0.05) is 23.2 Å². The van der Waals surface area contributed by atoms with Crippen LogP contribution in [0.25, 0.3) is 0 Å². The highest BCUT2D eigenvalue weighted by Crippen LogP contribution is 2.28. The third kappa shape index (κ3) is 6.13. The van der Waals surface area contributed by atoms with Crippen LogP contribution >= 0.6 is 23.2 Å². The van der Waals surface area contributed by atoms with Gasteiger partial charge in [-0.25, -0.2) is 4.79 Å². The van der Waals surface area contributed by atoms with E-state index in [-0.39, 0.29) is 23.6 Å². The summed E-state index contributed by atoms with van der Waals surface area (Å²) in [6, 6.07) is 13.9. The van der Waals surface area contributed by atoms with E-state index >= 15 is 0 Å².